The van der Waals surface area contributed by atoms with Crippen molar-refractivity contribution in [3.05, 3.63) is 23.7 Å². The van der Waals surface area contributed by atoms with Crippen molar-refractivity contribution in [1.29, 1.82) is 0 Å². The molecule has 0 aliphatic carbocycles. The minimum Gasteiger partial charge on any atom is -0.465 e. The topological polar surface area (TPSA) is 91.1 Å². The van der Waals surface area contributed by atoms with Gasteiger partial charge in [0.25, 0.3) is 0 Å². The fourth-order valence-electron chi connectivity index (χ4n) is 3.17. The van der Waals surface area contributed by atoms with Gasteiger partial charge >= 0.3 is 6.09 Å². The van der Waals surface area contributed by atoms with Gasteiger partial charge in [0.15, 0.2) is 5.96 Å². The van der Waals surface area contributed by atoms with Gasteiger partial charge in [0.2, 0.25) is 0 Å². The first-order valence-corrected chi connectivity index (χ1v) is 10.0. The Balaban J connectivity index is 0.00000420. The summed E-state index contributed by atoms with van der Waals surface area (Å²) in [5.74, 6) is 2.60. The molecule has 1 saturated heterocycles. The number of carbonyl (C=O) groups is 1. The zero-order valence-corrected chi connectivity index (χ0v) is 20.5. The van der Waals surface area contributed by atoms with Crippen molar-refractivity contribution < 1.29 is 13.9 Å². The Bertz CT molecular complexity index is 651. The van der Waals surface area contributed by atoms with Crippen LogP contribution < -0.4 is 16.0 Å². The lowest BCUT2D eigenvalue weighted by molar-refractivity contribution is 0.0529. The first kappa shape index (κ1) is 25.5. The summed E-state index contributed by atoms with van der Waals surface area (Å²) in [4.78, 5) is 18.4. The van der Waals surface area contributed by atoms with Gasteiger partial charge in [-0.15, -0.1) is 24.0 Å². The van der Waals surface area contributed by atoms with Gasteiger partial charge in [-0.05, 0) is 65.8 Å². The molecular formula is C20H36IN5O3. The number of amides is 1. The molecule has 1 fully saturated rings. The van der Waals surface area contributed by atoms with Gasteiger partial charge in [0, 0.05) is 26.7 Å². The van der Waals surface area contributed by atoms with E-state index in [-0.39, 0.29) is 30.0 Å². The second-order valence-electron chi connectivity index (χ2n) is 8.02. The summed E-state index contributed by atoms with van der Waals surface area (Å²) >= 11 is 0. The van der Waals surface area contributed by atoms with E-state index in [1.54, 1.807) is 7.05 Å². The molecule has 0 aromatic carbocycles. The lowest BCUT2D eigenvalue weighted by atomic mass is 10.2. The molecule has 1 aliphatic heterocycles. The Morgan fingerprint density at radius 2 is 1.86 bits per heavy atom. The lowest BCUT2D eigenvalue weighted by Crippen LogP contribution is -2.45. The summed E-state index contributed by atoms with van der Waals surface area (Å²) in [5.41, 5.74) is -0.496. The molecule has 0 saturated carbocycles. The fraction of sp³-hybridized carbons (Fsp3) is 0.700. The number of hydrogen-bond acceptors (Lipinski definition) is 5. The van der Waals surface area contributed by atoms with Gasteiger partial charge in [-0.1, -0.05) is 0 Å². The number of furan rings is 1. The van der Waals surface area contributed by atoms with E-state index in [2.05, 4.69) is 31.9 Å². The van der Waals surface area contributed by atoms with Crippen molar-refractivity contribution in [3.63, 3.8) is 0 Å². The van der Waals surface area contributed by atoms with Crippen LogP contribution in [0.1, 0.15) is 51.2 Å². The van der Waals surface area contributed by atoms with E-state index in [9.17, 15) is 4.79 Å². The van der Waals surface area contributed by atoms with Crippen LogP contribution in [0.2, 0.25) is 0 Å². The number of aryl methyl sites for hydroxylation is 1. The Labute approximate surface area is 191 Å². The van der Waals surface area contributed by atoms with Gasteiger partial charge < -0.3 is 25.1 Å². The number of guanidine groups is 1. The summed E-state index contributed by atoms with van der Waals surface area (Å²) in [6.45, 7) is 11.4. The van der Waals surface area contributed by atoms with E-state index >= 15 is 0 Å². The molecule has 29 heavy (non-hydrogen) atoms. The van der Waals surface area contributed by atoms with E-state index in [4.69, 9.17) is 9.15 Å². The summed E-state index contributed by atoms with van der Waals surface area (Å²) in [5, 5.41) is 9.31. The number of carbonyl (C=O) groups excluding carboxylic acids is 1. The molecule has 3 N–H and O–H groups in total. The predicted molar refractivity (Wildman–Crippen MR) is 126 cm³/mol. The normalized spacial score (nSPS) is 16.1. The van der Waals surface area contributed by atoms with Crippen LogP contribution in [0.4, 0.5) is 4.79 Å². The largest absolute Gasteiger partial charge is 0.465 e. The summed E-state index contributed by atoms with van der Waals surface area (Å²) in [6, 6.07) is 4.24. The molecule has 2 rings (SSSR count). The van der Waals surface area contributed by atoms with Gasteiger partial charge in [-0.2, -0.15) is 0 Å². The maximum atomic E-state index is 11.7. The lowest BCUT2D eigenvalue weighted by Gasteiger charge is -2.26. The third-order valence-corrected chi connectivity index (χ3v) is 4.44. The fourth-order valence-corrected chi connectivity index (χ4v) is 3.17. The molecule has 9 heteroatoms. The van der Waals surface area contributed by atoms with Crippen LogP contribution in [0.5, 0.6) is 0 Å². The number of ether oxygens (including phenoxy) is 1. The molecule has 0 radical (unpaired) electrons. The van der Waals surface area contributed by atoms with Crippen molar-refractivity contribution in [2.75, 3.05) is 39.8 Å². The predicted octanol–water partition coefficient (Wildman–Crippen LogP) is 3.03. The van der Waals surface area contributed by atoms with Crippen molar-refractivity contribution in [3.8, 4) is 0 Å². The van der Waals surface area contributed by atoms with Gasteiger partial charge in [-0.25, -0.2) is 4.79 Å². The molecular weight excluding hydrogens is 485 g/mol. The molecule has 2 heterocycles. The number of nitrogens with one attached hydrogen (secondary N) is 3. The molecule has 1 amide bonds. The average Bonchev–Trinajstić information content (AvgIpc) is 3.27. The highest BCUT2D eigenvalue weighted by molar-refractivity contribution is 14.0. The number of aliphatic imine (C=N–C) groups is 1. The molecule has 0 spiro atoms. The molecule has 1 atom stereocenters. The quantitative estimate of drug-likeness (QED) is 0.221. The number of halogens is 1. The van der Waals surface area contributed by atoms with Crippen molar-refractivity contribution >= 4 is 36.0 Å². The van der Waals surface area contributed by atoms with Crippen molar-refractivity contribution in [1.82, 2.24) is 20.9 Å². The second kappa shape index (κ2) is 12.3. The van der Waals surface area contributed by atoms with E-state index in [0.29, 0.717) is 25.6 Å². The zero-order chi connectivity index (χ0) is 20.6. The molecule has 1 aromatic heterocycles. The molecule has 1 aliphatic rings. The minimum absolute atomic E-state index is 0. The zero-order valence-electron chi connectivity index (χ0n) is 18.2. The second-order valence-corrected chi connectivity index (χ2v) is 8.02. The standard InChI is InChI=1S/C20H35N5O3.HI/c1-15-8-9-17(27-15)16(25-12-6-7-13-25)14-24-18(21-5)22-10-11-23-19(26)28-20(2,3)4;/h8-9,16H,6-7,10-14H2,1-5H3,(H,23,26)(H2,21,22,24);1H. The number of nitrogens with zero attached hydrogens (tertiary/aromatic N) is 2. The van der Waals surface area contributed by atoms with Crippen LogP contribution in [0.15, 0.2) is 21.5 Å². The van der Waals surface area contributed by atoms with E-state index in [1.165, 1.54) is 12.8 Å². The molecule has 0 bridgehead atoms. The Morgan fingerprint density at radius 1 is 1.21 bits per heavy atom. The minimum atomic E-state index is -0.496. The van der Waals surface area contributed by atoms with Crippen LogP contribution >= 0.6 is 24.0 Å². The van der Waals surface area contributed by atoms with Crippen LogP contribution in [0.25, 0.3) is 0 Å². The van der Waals surface area contributed by atoms with Gasteiger partial charge in [0.05, 0.1) is 6.04 Å². The SMILES string of the molecule is CN=C(NCCNC(=O)OC(C)(C)C)NCC(c1ccc(C)o1)N1CCCC1.I. The first-order valence-electron chi connectivity index (χ1n) is 10.0. The van der Waals surface area contributed by atoms with Crippen LogP contribution in [0.3, 0.4) is 0 Å². The van der Waals surface area contributed by atoms with Gasteiger partial charge in [0.1, 0.15) is 17.1 Å². The molecule has 1 aromatic rings. The van der Waals surface area contributed by atoms with Crippen LogP contribution in [0, 0.1) is 6.92 Å². The van der Waals surface area contributed by atoms with Crippen molar-refractivity contribution in [2.24, 2.45) is 4.99 Å². The van der Waals surface area contributed by atoms with Crippen LogP contribution in [-0.4, -0.2) is 62.3 Å². The Kier molecular flexibility index (Phi) is 10.8. The van der Waals surface area contributed by atoms with Crippen molar-refractivity contribution in [2.45, 2.75) is 52.2 Å². The summed E-state index contributed by atoms with van der Waals surface area (Å²) < 4.78 is 11.1. The molecule has 1 unspecified atom stereocenters. The maximum absolute atomic E-state index is 11.7. The van der Waals surface area contributed by atoms with Gasteiger partial charge in [-0.3, -0.25) is 9.89 Å². The maximum Gasteiger partial charge on any atom is 0.407 e. The number of hydrogen-bond donors (Lipinski definition) is 3. The molecule has 8 nitrogen and oxygen atoms in total. The summed E-state index contributed by atoms with van der Waals surface area (Å²) in [7, 11) is 1.73. The highest BCUT2D eigenvalue weighted by atomic mass is 127. The highest BCUT2D eigenvalue weighted by Crippen LogP contribution is 2.26. The number of rotatable bonds is 7. The molecule has 166 valence electrons. The smallest absolute Gasteiger partial charge is 0.407 e. The number of likely N-dealkylation sites (tertiary alicyclic amines) is 1. The van der Waals surface area contributed by atoms with E-state index in [0.717, 1.165) is 24.6 Å². The average molecular weight is 521 g/mol. The third-order valence-electron chi connectivity index (χ3n) is 4.44. The third kappa shape index (κ3) is 9.24. The monoisotopic (exact) mass is 521 g/mol. The Morgan fingerprint density at radius 3 is 2.41 bits per heavy atom. The van der Waals surface area contributed by atoms with E-state index < -0.39 is 11.7 Å². The highest BCUT2D eigenvalue weighted by Gasteiger charge is 2.26. The summed E-state index contributed by atoms with van der Waals surface area (Å²) in [6.07, 6.45) is 2.03. The van der Waals surface area contributed by atoms with E-state index in [1.807, 2.05) is 33.8 Å². The first-order chi connectivity index (χ1) is 13.3. The van der Waals surface area contributed by atoms with Crippen LogP contribution in [-0.2, 0) is 4.74 Å². The Hall–Kier alpha value is -1.49. The number of alkyl carbamates (subject to hydrolysis) is 1.